The summed E-state index contributed by atoms with van der Waals surface area (Å²) >= 11 is 0. The molecule has 1 saturated carbocycles. The van der Waals surface area contributed by atoms with Crippen LogP contribution in [0.5, 0.6) is 0 Å². The summed E-state index contributed by atoms with van der Waals surface area (Å²) in [5, 5.41) is -1.37. The van der Waals surface area contributed by atoms with Gasteiger partial charge in [0.15, 0.2) is 5.16 Å². The predicted octanol–water partition coefficient (Wildman–Crippen LogP) is 1.06. The van der Waals surface area contributed by atoms with Gasteiger partial charge in [-0.2, -0.15) is 0 Å². The molecule has 0 aliphatic heterocycles. The lowest BCUT2D eigenvalue weighted by Crippen LogP contribution is -2.35. The van der Waals surface area contributed by atoms with Crippen molar-refractivity contribution in [1.29, 1.82) is 0 Å². The zero-order chi connectivity index (χ0) is 14.7. The number of nitrogens with two attached hydrogens (primary N) is 1. The van der Waals surface area contributed by atoms with Crippen molar-refractivity contribution in [2.45, 2.75) is 32.3 Å². The molecule has 0 saturated heterocycles. The van der Waals surface area contributed by atoms with Gasteiger partial charge in [0, 0.05) is 12.8 Å². The van der Waals surface area contributed by atoms with E-state index in [0.717, 1.165) is 0 Å². The lowest BCUT2D eigenvalue weighted by Gasteiger charge is -2.24. The predicted molar refractivity (Wildman–Crippen MR) is 67.5 cm³/mol. The highest BCUT2D eigenvalue weighted by Crippen LogP contribution is 2.73. The Labute approximate surface area is 112 Å². The molecule has 0 heterocycles. The highest BCUT2D eigenvalue weighted by Gasteiger charge is 2.72. The molecule has 2 N–H and O–H groups in total. The lowest BCUT2D eigenvalue weighted by molar-refractivity contribution is -0.141. The van der Waals surface area contributed by atoms with E-state index in [9.17, 15) is 14.2 Å². The van der Waals surface area contributed by atoms with Crippen LogP contribution in [0.25, 0.3) is 0 Å². The molecule has 0 unspecified atom stereocenters. The number of primary amides is 1. The Balaban J connectivity index is 2.92. The van der Waals surface area contributed by atoms with E-state index in [-0.39, 0.29) is 26.2 Å². The van der Waals surface area contributed by atoms with Gasteiger partial charge >= 0.3 is 13.6 Å². The number of esters is 1. The van der Waals surface area contributed by atoms with Crippen molar-refractivity contribution in [3.8, 4) is 0 Å². The third-order valence-electron chi connectivity index (χ3n) is 3.07. The number of carbonyl (C=O) groups is 2. The number of carbonyl (C=O) groups excluding carboxylic acids is 2. The van der Waals surface area contributed by atoms with Crippen LogP contribution in [0.15, 0.2) is 0 Å². The van der Waals surface area contributed by atoms with Gasteiger partial charge < -0.3 is 19.5 Å². The van der Waals surface area contributed by atoms with Crippen molar-refractivity contribution in [2.75, 3.05) is 19.8 Å². The molecule has 1 amide bonds. The molecule has 7 nitrogen and oxygen atoms in total. The monoisotopic (exact) mass is 293 g/mol. The lowest BCUT2D eigenvalue weighted by atomic mass is 10.3. The van der Waals surface area contributed by atoms with Gasteiger partial charge in [0.1, 0.15) is 0 Å². The highest BCUT2D eigenvalue weighted by molar-refractivity contribution is 7.57. The van der Waals surface area contributed by atoms with Crippen LogP contribution in [-0.2, 0) is 27.9 Å². The maximum atomic E-state index is 12.7. The van der Waals surface area contributed by atoms with Crippen molar-refractivity contribution in [3.63, 3.8) is 0 Å². The third kappa shape index (κ3) is 2.99. The Kier molecular flexibility index (Phi) is 5.12. The van der Waals surface area contributed by atoms with Crippen LogP contribution < -0.4 is 5.73 Å². The fourth-order valence-corrected chi connectivity index (χ4v) is 4.56. The molecule has 1 aliphatic carbocycles. The summed E-state index contributed by atoms with van der Waals surface area (Å²) in [5.41, 5.74) is 5.36. The van der Waals surface area contributed by atoms with Crippen molar-refractivity contribution in [3.05, 3.63) is 0 Å². The van der Waals surface area contributed by atoms with Gasteiger partial charge in [-0.1, -0.05) is 0 Å². The minimum atomic E-state index is -3.65. The Morgan fingerprint density at radius 1 is 1.32 bits per heavy atom. The van der Waals surface area contributed by atoms with E-state index in [4.69, 9.17) is 19.5 Å². The molecule has 8 heteroatoms. The summed E-state index contributed by atoms with van der Waals surface area (Å²) in [6, 6.07) is 0. The van der Waals surface area contributed by atoms with Crippen molar-refractivity contribution >= 4 is 19.5 Å². The molecular formula is C11H20NO6P. The van der Waals surface area contributed by atoms with E-state index in [1.807, 2.05) is 0 Å². The van der Waals surface area contributed by atoms with Crippen LogP contribution in [0.3, 0.4) is 0 Å². The van der Waals surface area contributed by atoms with Crippen molar-refractivity contribution in [1.82, 2.24) is 0 Å². The summed E-state index contributed by atoms with van der Waals surface area (Å²) in [4.78, 5) is 22.5. The van der Waals surface area contributed by atoms with E-state index >= 15 is 0 Å². The molecule has 1 rings (SSSR count). The normalized spacial score (nSPS) is 25.9. The van der Waals surface area contributed by atoms with Crippen LogP contribution in [0.1, 0.15) is 27.2 Å². The molecule has 0 bridgehead atoms. The van der Waals surface area contributed by atoms with E-state index in [1.165, 1.54) is 6.92 Å². The first kappa shape index (κ1) is 16.1. The summed E-state index contributed by atoms with van der Waals surface area (Å²) in [7, 11) is -3.65. The fourth-order valence-electron chi connectivity index (χ4n) is 2.11. The quantitative estimate of drug-likeness (QED) is 0.530. The number of hydrogen-bond acceptors (Lipinski definition) is 6. The fraction of sp³-hybridized carbons (Fsp3) is 0.818. The van der Waals surface area contributed by atoms with E-state index in [0.29, 0.717) is 0 Å². The molecule has 0 aromatic rings. The summed E-state index contributed by atoms with van der Waals surface area (Å²) in [5.74, 6) is -1.62. The van der Waals surface area contributed by atoms with Crippen molar-refractivity contribution < 1.29 is 27.9 Å². The molecule has 2 atom stereocenters. The Bertz CT molecular complexity index is 402. The molecule has 0 spiro atoms. The Morgan fingerprint density at radius 3 is 2.21 bits per heavy atom. The summed E-state index contributed by atoms with van der Waals surface area (Å²) in [6.45, 7) is 4.86. The smallest absolute Gasteiger partial charge is 0.346 e. The number of ether oxygens (including phenoxy) is 1. The van der Waals surface area contributed by atoms with Crippen LogP contribution in [0.2, 0.25) is 0 Å². The van der Waals surface area contributed by atoms with Gasteiger partial charge in [-0.25, -0.2) is 0 Å². The summed E-state index contributed by atoms with van der Waals surface area (Å²) < 4.78 is 27.9. The number of rotatable bonds is 8. The van der Waals surface area contributed by atoms with Gasteiger partial charge in [0.05, 0.1) is 19.8 Å². The Morgan fingerprint density at radius 2 is 1.84 bits per heavy atom. The van der Waals surface area contributed by atoms with E-state index in [2.05, 4.69) is 0 Å². The topological polar surface area (TPSA) is 105 Å². The van der Waals surface area contributed by atoms with Crippen LogP contribution in [-0.4, -0.2) is 36.9 Å². The van der Waals surface area contributed by atoms with E-state index in [1.54, 1.807) is 13.8 Å². The second-order valence-corrected chi connectivity index (χ2v) is 6.63. The highest BCUT2D eigenvalue weighted by atomic mass is 31.2. The molecular weight excluding hydrogens is 273 g/mol. The number of amides is 1. The van der Waals surface area contributed by atoms with Crippen LogP contribution in [0, 0.1) is 5.92 Å². The summed E-state index contributed by atoms with van der Waals surface area (Å²) in [6.07, 6.45) is 0.243. The zero-order valence-electron chi connectivity index (χ0n) is 11.4. The van der Waals surface area contributed by atoms with Gasteiger partial charge in [0.2, 0.25) is 5.91 Å². The molecule has 0 aromatic heterocycles. The minimum absolute atomic E-state index is 0.0115. The molecule has 19 heavy (non-hydrogen) atoms. The first-order valence-corrected chi connectivity index (χ1v) is 7.70. The number of hydrogen-bond donors (Lipinski definition) is 1. The van der Waals surface area contributed by atoms with Crippen LogP contribution >= 0.6 is 7.60 Å². The van der Waals surface area contributed by atoms with E-state index < -0.39 is 30.5 Å². The average molecular weight is 293 g/mol. The molecule has 0 aromatic carbocycles. The molecule has 0 radical (unpaired) electrons. The molecule has 1 aliphatic rings. The van der Waals surface area contributed by atoms with Gasteiger partial charge in [0.25, 0.3) is 0 Å². The first-order valence-electron chi connectivity index (χ1n) is 6.16. The molecule has 1 fully saturated rings. The van der Waals surface area contributed by atoms with Crippen molar-refractivity contribution in [2.24, 2.45) is 11.7 Å². The first-order chi connectivity index (χ1) is 8.84. The molecule has 110 valence electrons. The zero-order valence-corrected chi connectivity index (χ0v) is 12.3. The Hall–Kier alpha value is -0.910. The van der Waals surface area contributed by atoms with Crippen LogP contribution in [0.4, 0.5) is 0 Å². The largest absolute Gasteiger partial charge is 0.466 e. The second kappa shape index (κ2) is 6.03. The SMILES string of the molecule is CCOP(=O)(OCC)[C@@]1(C(N)=O)C[C@@H]1COC(C)=O. The van der Waals surface area contributed by atoms with Gasteiger partial charge in [-0.15, -0.1) is 0 Å². The third-order valence-corrected chi connectivity index (χ3v) is 6.02. The standard InChI is InChI=1S/C11H20NO6P/c1-4-17-19(15,18-5-2)11(10(12)14)6-9(11)7-16-8(3)13/h9H,4-7H2,1-3H3,(H2,12,14)/t9-,11+/m1/s1. The van der Waals surface area contributed by atoms with Gasteiger partial charge in [-0.05, 0) is 20.3 Å². The minimum Gasteiger partial charge on any atom is -0.466 e. The average Bonchev–Trinajstić information content (AvgIpc) is 3.03. The second-order valence-electron chi connectivity index (χ2n) is 4.33. The maximum absolute atomic E-state index is 12.7. The maximum Gasteiger partial charge on any atom is 0.346 e. The van der Waals surface area contributed by atoms with Gasteiger partial charge in [-0.3, -0.25) is 14.2 Å².